The van der Waals surface area contributed by atoms with Crippen LogP contribution in [0.2, 0.25) is 0 Å². The third-order valence-corrected chi connectivity index (χ3v) is 6.43. The van der Waals surface area contributed by atoms with Crippen LogP contribution in [0.3, 0.4) is 0 Å². The molecule has 11 nitrogen and oxygen atoms in total. The monoisotopic (exact) mass is 504 g/mol. The Bertz CT molecular complexity index is 1340. The highest BCUT2D eigenvalue weighted by Crippen LogP contribution is 2.41. The molecule has 37 heavy (non-hydrogen) atoms. The number of benzene rings is 1. The number of hydrogen-bond donors (Lipinski definition) is 1. The number of aromatic nitrogens is 5. The fraction of sp³-hybridized carbons (Fsp3) is 0.385. The molecule has 0 aliphatic carbocycles. The van der Waals surface area contributed by atoms with Crippen LogP contribution in [0.15, 0.2) is 42.9 Å². The Morgan fingerprint density at radius 3 is 2.16 bits per heavy atom. The van der Waals surface area contributed by atoms with Gasteiger partial charge in [0.1, 0.15) is 5.82 Å². The van der Waals surface area contributed by atoms with Crippen LogP contribution in [-0.4, -0.2) is 72.0 Å². The van der Waals surface area contributed by atoms with Gasteiger partial charge in [-0.1, -0.05) is 6.07 Å². The summed E-state index contributed by atoms with van der Waals surface area (Å²) in [5, 5.41) is 3.42. The number of nitrogens with one attached hydrogen (secondary N) is 1. The third kappa shape index (κ3) is 4.76. The van der Waals surface area contributed by atoms with Crippen molar-refractivity contribution in [1.82, 2.24) is 24.5 Å². The summed E-state index contributed by atoms with van der Waals surface area (Å²) >= 11 is 0. The number of methoxy groups -OCH3 is 3. The summed E-state index contributed by atoms with van der Waals surface area (Å²) in [6.07, 6.45) is 3.64. The number of pyridine rings is 1. The summed E-state index contributed by atoms with van der Waals surface area (Å²) in [5.74, 6) is 3.88. The Hall–Kier alpha value is -4.28. The molecular weight excluding hydrogens is 472 g/mol. The summed E-state index contributed by atoms with van der Waals surface area (Å²) < 4.78 is 18.6. The van der Waals surface area contributed by atoms with Crippen molar-refractivity contribution in [2.24, 2.45) is 0 Å². The van der Waals surface area contributed by atoms with Crippen molar-refractivity contribution in [3.05, 3.63) is 42.9 Å². The zero-order chi connectivity index (χ0) is 25.9. The molecule has 0 spiro atoms. The first-order chi connectivity index (χ1) is 18.0. The van der Waals surface area contributed by atoms with Gasteiger partial charge in [-0.3, -0.25) is 0 Å². The molecule has 1 saturated heterocycles. The molecule has 4 heterocycles. The lowest BCUT2D eigenvalue weighted by Crippen LogP contribution is -2.47. The van der Waals surface area contributed by atoms with Crippen LogP contribution in [0.5, 0.6) is 17.2 Å². The lowest BCUT2D eigenvalue weighted by molar-refractivity contribution is 0.324. The topological polar surface area (TPSA) is 103 Å². The molecule has 194 valence electrons. The SMILES string of the molecule is COc1cc(Nc2nc(N3CCN(c4ccccn4)CC3)nc3c2ncn3C(C)C)cc(OC)c1OC. The van der Waals surface area contributed by atoms with Crippen LogP contribution >= 0.6 is 0 Å². The van der Waals surface area contributed by atoms with E-state index < -0.39 is 0 Å². The Labute approximate surface area is 216 Å². The average molecular weight is 505 g/mol. The standard InChI is InChI=1S/C26H32N8O3/c1-17(2)34-16-28-22-24(29-18-14-19(35-3)23(37-5)20(15-18)36-4)30-26(31-25(22)34)33-12-10-32(11-13-33)21-8-6-7-9-27-21/h6-9,14-17H,10-13H2,1-5H3,(H,29,30,31). The van der Waals surface area contributed by atoms with Crippen LogP contribution in [0.1, 0.15) is 19.9 Å². The normalized spacial score (nSPS) is 13.8. The molecule has 5 rings (SSSR count). The Morgan fingerprint density at radius 1 is 0.865 bits per heavy atom. The highest BCUT2D eigenvalue weighted by Gasteiger charge is 2.23. The van der Waals surface area contributed by atoms with Crippen molar-refractivity contribution < 1.29 is 14.2 Å². The van der Waals surface area contributed by atoms with Gasteiger partial charge in [0.25, 0.3) is 0 Å². The number of nitrogens with zero attached hydrogens (tertiary/aromatic N) is 7. The van der Waals surface area contributed by atoms with Crippen molar-refractivity contribution in [3.63, 3.8) is 0 Å². The molecule has 0 atom stereocenters. The summed E-state index contributed by atoms with van der Waals surface area (Å²) in [4.78, 5) is 23.5. The van der Waals surface area contributed by atoms with E-state index in [1.54, 1.807) is 21.3 Å². The first kappa shape index (κ1) is 24.4. The molecule has 0 saturated carbocycles. The van der Waals surface area contributed by atoms with Gasteiger partial charge in [0.05, 0.1) is 27.7 Å². The van der Waals surface area contributed by atoms with Crippen molar-refractivity contribution in [1.29, 1.82) is 0 Å². The van der Waals surface area contributed by atoms with Crippen LogP contribution in [-0.2, 0) is 0 Å². The maximum atomic E-state index is 5.53. The second-order valence-electron chi connectivity index (χ2n) is 8.99. The lowest BCUT2D eigenvalue weighted by Gasteiger charge is -2.35. The first-order valence-corrected chi connectivity index (χ1v) is 12.2. The summed E-state index contributed by atoms with van der Waals surface area (Å²) in [7, 11) is 4.77. The fourth-order valence-electron chi connectivity index (χ4n) is 4.48. The number of fused-ring (bicyclic) bond motifs is 1. The molecule has 1 aromatic carbocycles. The zero-order valence-electron chi connectivity index (χ0n) is 21.8. The van der Waals surface area contributed by atoms with Crippen molar-refractivity contribution in [3.8, 4) is 17.2 Å². The van der Waals surface area contributed by atoms with Crippen LogP contribution in [0.4, 0.5) is 23.3 Å². The molecule has 3 aromatic heterocycles. The Balaban J connectivity index is 1.50. The number of hydrogen-bond acceptors (Lipinski definition) is 10. The second kappa shape index (κ2) is 10.4. The number of rotatable bonds is 8. The highest BCUT2D eigenvalue weighted by atomic mass is 16.5. The van der Waals surface area contributed by atoms with E-state index in [4.69, 9.17) is 24.2 Å². The van der Waals surface area contributed by atoms with Gasteiger partial charge in [0, 0.05) is 56.2 Å². The van der Waals surface area contributed by atoms with Gasteiger partial charge >= 0.3 is 0 Å². The molecule has 11 heteroatoms. The van der Waals surface area contributed by atoms with Crippen molar-refractivity contribution >= 4 is 34.4 Å². The van der Waals surface area contributed by atoms with Crippen molar-refractivity contribution in [2.45, 2.75) is 19.9 Å². The summed E-state index contributed by atoms with van der Waals surface area (Å²) in [5.41, 5.74) is 2.21. The van der Waals surface area contributed by atoms with Crippen LogP contribution in [0.25, 0.3) is 11.2 Å². The molecule has 1 aliphatic rings. The van der Waals surface area contributed by atoms with E-state index in [0.29, 0.717) is 34.5 Å². The lowest BCUT2D eigenvalue weighted by atomic mass is 10.2. The van der Waals surface area contributed by atoms with Gasteiger partial charge in [-0.15, -0.1) is 0 Å². The fourth-order valence-corrected chi connectivity index (χ4v) is 4.48. The van der Waals surface area contributed by atoms with Gasteiger partial charge in [0.15, 0.2) is 28.5 Å². The molecule has 0 bridgehead atoms. The van der Waals surface area contributed by atoms with Gasteiger partial charge in [-0.05, 0) is 26.0 Å². The highest BCUT2D eigenvalue weighted by molar-refractivity contribution is 5.87. The minimum absolute atomic E-state index is 0.197. The molecule has 1 N–H and O–H groups in total. The van der Waals surface area contributed by atoms with Crippen molar-refractivity contribution in [2.75, 3.05) is 62.6 Å². The van der Waals surface area contributed by atoms with Gasteiger partial charge < -0.3 is 33.9 Å². The minimum atomic E-state index is 0.197. The Morgan fingerprint density at radius 2 is 1.57 bits per heavy atom. The average Bonchev–Trinajstić information content (AvgIpc) is 3.38. The molecule has 0 amide bonds. The Kier molecular flexibility index (Phi) is 6.85. The van der Waals surface area contributed by atoms with Gasteiger partial charge in [-0.2, -0.15) is 9.97 Å². The van der Waals surface area contributed by atoms with E-state index in [2.05, 4.69) is 43.5 Å². The largest absolute Gasteiger partial charge is 0.493 e. The molecule has 0 radical (unpaired) electrons. The summed E-state index contributed by atoms with van der Waals surface area (Å²) in [6.45, 7) is 7.44. The van der Waals surface area contributed by atoms with Crippen LogP contribution in [0, 0.1) is 0 Å². The molecule has 1 fully saturated rings. The molecule has 0 unspecified atom stereocenters. The van der Waals surface area contributed by atoms with E-state index in [0.717, 1.165) is 43.3 Å². The maximum absolute atomic E-state index is 5.53. The van der Waals surface area contributed by atoms with Gasteiger partial charge in [0.2, 0.25) is 11.7 Å². The number of piperazine rings is 1. The van der Waals surface area contributed by atoms with E-state index >= 15 is 0 Å². The van der Waals surface area contributed by atoms with E-state index in [9.17, 15) is 0 Å². The molecular formula is C26H32N8O3. The predicted octanol–water partition coefficient (Wildman–Crippen LogP) is 3.90. The third-order valence-electron chi connectivity index (χ3n) is 6.43. The molecule has 4 aromatic rings. The van der Waals surface area contributed by atoms with E-state index in [1.807, 2.05) is 42.9 Å². The second-order valence-corrected chi connectivity index (χ2v) is 8.99. The maximum Gasteiger partial charge on any atom is 0.229 e. The van der Waals surface area contributed by atoms with Crippen LogP contribution < -0.4 is 29.3 Å². The number of imidazole rings is 1. The quantitative estimate of drug-likeness (QED) is 0.380. The zero-order valence-corrected chi connectivity index (χ0v) is 21.8. The number of anilines is 4. The van der Waals surface area contributed by atoms with Gasteiger partial charge in [-0.25, -0.2) is 9.97 Å². The summed E-state index contributed by atoms with van der Waals surface area (Å²) in [6, 6.07) is 9.88. The number of ether oxygens (including phenoxy) is 3. The minimum Gasteiger partial charge on any atom is -0.493 e. The van der Waals surface area contributed by atoms with E-state index in [1.165, 1.54) is 0 Å². The smallest absolute Gasteiger partial charge is 0.229 e. The molecule has 1 aliphatic heterocycles. The predicted molar refractivity (Wildman–Crippen MR) is 144 cm³/mol. The first-order valence-electron chi connectivity index (χ1n) is 12.2. The van der Waals surface area contributed by atoms with E-state index in [-0.39, 0.29) is 6.04 Å².